The predicted octanol–water partition coefficient (Wildman–Crippen LogP) is 6.07. The molecule has 8 heteroatoms. The number of anilines is 4. The van der Waals surface area contributed by atoms with Gasteiger partial charge in [-0.3, -0.25) is 0 Å². The van der Waals surface area contributed by atoms with Crippen LogP contribution in [0, 0.1) is 0 Å². The zero-order valence-corrected chi connectivity index (χ0v) is 21.4. The highest BCUT2D eigenvalue weighted by Crippen LogP contribution is 2.36. The number of methoxy groups -OCH3 is 1. The van der Waals surface area contributed by atoms with Crippen molar-refractivity contribution in [2.24, 2.45) is 0 Å². The average Bonchev–Trinajstić information content (AvgIpc) is 2.93. The number of nitrogens with one attached hydrogen (secondary N) is 2. The quantitative estimate of drug-likeness (QED) is 0.216. The fraction of sp³-hybridized carbons (Fsp3) is 0.241. The van der Waals surface area contributed by atoms with Gasteiger partial charge in [-0.15, -0.1) is 0 Å². The number of benzene rings is 3. The number of hydrogen-bond acceptors (Lipinski definition) is 8. The van der Waals surface area contributed by atoms with Gasteiger partial charge in [-0.05, 0) is 55.6 Å². The number of phenolic OH excluding ortho intramolecular Hbond substituents is 1. The van der Waals surface area contributed by atoms with Crippen molar-refractivity contribution in [3.05, 3.63) is 79.0 Å². The second-order valence-electron chi connectivity index (χ2n) is 8.32. The molecule has 0 bridgehead atoms. The molecule has 0 aliphatic heterocycles. The zero-order valence-electron chi connectivity index (χ0n) is 21.4. The smallest absolute Gasteiger partial charge is 0.229 e. The third-order valence-electron chi connectivity index (χ3n) is 6.02. The molecule has 0 unspecified atom stereocenters. The minimum atomic E-state index is 0.145. The molecule has 37 heavy (non-hydrogen) atoms. The van der Waals surface area contributed by atoms with E-state index >= 15 is 0 Å². The van der Waals surface area contributed by atoms with Gasteiger partial charge in [0.1, 0.15) is 29.7 Å². The van der Waals surface area contributed by atoms with Crippen molar-refractivity contribution in [1.29, 1.82) is 0 Å². The average molecular weight is 500 g/mol. The van der Waals surface area contributed by atoms with Crippen LogP contribution in [0.2, 0.25) is 0 Å². The van der Waals surface area contributed by atoms with Crippen molar-refractivity contribution in [2.75, 3.05) is 44.0 Å². The lowest BCUT2D eigenvalue weighted by Gasteiger charge is -2.18. The summed E-state index contributed by atoms with van der Waals surface area (Å²) < 4.78 is 11.4. The van der Waals surface area contributed by atoms with E-state index in [0.717, 1.165) is 36.8 Å². The number of phenols is 1. The van der Waals surface area contributed by atoms with Crippen LogP contribution < -0.4 is 20.1 Å². The normalized spacial score (nSPS) is 10.8. The van der Waals surface area contributed by atoms with E-state index in [2.05, 4.69) is 34.4 Å². The van der Waals surface area contributed by atoms with E-state index in [9.17, 15) is 5.11 Å². The van der Waals surface area contributed by atoms with Crippen molar-refractivity contribution in [1.82, 2.24) is 14.9 Å². The second-order valence-corrected chi connectivity index (χ2v) is 8.32. The Hall–Kier alpha value is -4.30. The number of aromatic hydroxyl groups is 1. The number of para-hydroxylation sites is 3. The number of likely N-dealkylation sites (N-methyl/N-ethyl adjacent to an activating group) is 1. The maximum Gasteiger partial charge on any atom is 0.229 e. The highest BCUT2D eigenvalue weighted by atomic mass is 16.5. The first kappa shape index (κ1) is 25.8. The van der Waals surface area contributed by atoms with Crippen LogP contribution in [0.4, 0.5) is 23.1 Å². The van der Waals surface area contributed by atoms with Gasteiger partial charge < -0.3 is 30.1 Å². The number of aromatic nitrogens is 2. The Bertz CT molecular complexity index is 1290. The Kier molecular flexibility index (Phi) is 8.78. The third-order valence-corrected chi connectivity index (χ3v) is 6.02. The third kappa shape index (κ3) is 6.68. The molecule has 0 spiro atoms. The van der Waals surface area contributed by atoms with Crippen molar-refractivity contribution >= 4 is 23.1 Å². The van der Waals surface area contributed by atoms with Gasteiger partial charge in [-0.2, -0.15) is 4.98 Å². The van der Waals surface area contributed by atoms with Crippen LogP contribution in [0.25, 0.3) is 11.1 Å². The molecule has 8 nitrogen and oxygen atoms in total. The maximum absolute atomic E-state index is 10.5. The topological polar surface area (TPSA) is 91.8 Å². The van der Waals surface area contributed by atoms with Gasteiger partial charge in [0.2, 0.25) is 5.95 Å². The van der Waals surface area contributed by atoms with Gasteiger partial charge in [0, 0.05) is 29.6 Å². The Morgan fingerprint density at radius 1 is 0.865 bits per heavy atom. The Labute approximate surface area is 217 Å². The molecule has 0 amide bonds. The SMILES string of the molecule is CCN(CC)CCOc1ccc(Nc2ncc(-c3ccccc3O)c(Nc3ccccc3OC)n2)cc1. The summed E-state index contributed by atoms with van der Waals surface area (Å²) in [4.78, 5) is 11.6. The van der Waals surface area contributed by atoms with E-state index in [1.54, 1.807) is 25.4 Å². The number of nitrogens with zero attached hydrogens (tertiary/aromatic N) is 3. The molecular formula is C29H33N5O3. The summed E-state index contributed by atoms with van der Waals surface area (Å²) >= 11 is 0. The molecule has 1 heterocycles. The van der Waals surface area contributed by atoms with Crippen LogP contribution in [0.3, 0.4) is 0 Å². The van der Waals surface area contributed by atoms with Crippen LogP contribution in [0.5, 0.6) is 17.2 Å². The van der Waals surface area contributed by atoms with Crippen molar-refractivity contribution in [3.63, 3.8) is 0 Å². The monoisotopic (exact) mass is 499 g/mol. The highest BCUT2D eigenvalue weighted by molar-refractivity contribution is 5.83. The molecule has 3 N–H and O–H groups in total. The molecule has 0 saturated carbocycles. The summed E-state index contributed by atoms with van der Waals surface area (Å²) in [5.74, 6) is 2.57. The van der Waals surface area contributed by atoms with Crippen LogP contribution in [0.1, 0.15) is 13.8 Å². The Balaban J connectivity index is 1.55. The van der Waals surface area contributed by atoms with Crippen LogP contribution in [0.15, 0.2) is 79.0 Å². The molecule has 4 aromatic rings. The molecule has 192 valence electrons. The van der Waals surface area contributed by atoms with Crippen molar-refractivity contribution in [3.8, 4) is 28.4 Å². The molecular weight excluding hydrogens is 466 g/mol. The van der Waals surface area contributed by atoms with Gasteiger partial charge in [0.15, 0.2) is 0 Å². The number of ether oxygens (including phenoxy) is 2. The summed E-state index contributed by atoms with van der Waals surface area (Å²) in [5.41, 5.74) is 2.86. The van der Waals surface area contributed by atoms with Gasteiger partial charge in [-0.25, -0.2) is 4.98 Å². The minimum absolute atomic E-state index is 0.145. The first-order valence-corrected chi connectivity index (χ1v) is 12.4. The minimum Gasteiger partial charge on any atom is -0.507 e. The molecule has 4 rings (SSSR count). The van der Waals surface area contributed by atoms with E-state index in [4.69, 9.17) is 14.5 Å². The van der Waals surface area contributed by atoms with Crippen LogP contribution in [-0.2, 0) is 0 Å². The van der Waals surface area contributed by atoms with Crippen molar-refractivity contribution in [2.45, 2.75) is 13.8 Å². The van der Waals surface area contributed by atoms with Crippen LogP contribution >= 0.6 is 0 Å². The summed E-state index contributed by atoms with van der Waals surface area (Å²) in [6.07, 6.45) is 1.69. The fourth-order valence-corrected chi connectivity index (χ4v) is 3.91. The fourth-order valence-electron chi connectivity index (χ4n) is 3.91. The lowest BCUT2D eigenvalue weighted by Crippen LogP contribution is -2.27. The van der Waals surface area contributed by atoms with E-state index in [1.165, 1.54) is 0 Å². The van der Waals surface area contributed by atoms with Gasteiger partial charge in [-0.1, -0.05) is 44.2 Å². The molecule has 3 aromatic carbocycles. The Morgan fingerprint density at radius 3 is 2.32 bits per heavy atom. The molecule has 0 atom stereocenters. The van der Waals surface area contributed by atoms with Gasteiger partial charge in [0.05, 0.1) is 12.8 Å². The highest BCUT2D eigenvalue weighted by Gasteiger charge is 2.15. The number of rotatable bonds is 12. The standard InChI is InChI=1S/C29H33N5O3/c1-4-34(5-2)18-19-37-22-16-14-21(15-17-22)31-29-30-20-24(23-10-6-8-12-26(23)35)28(33-29)32-25-11-7-9-13-27(25)36-3/h6-17,20,35H,4-5,18-19H2,1-3H3,(H2,30,31,32,33). The second kappa shape index (κ2) is 12.6. The molecule has 0 radical (unpaired) electrons. The first-order valence-electron chi connectivity index (χ1n) is 12.4. The van der Waals surface area contributed by atoms with Crippen LogP contribution in [-0.4, -0.2) is 53.3 Å². The van der Waals surface area contributed by atoms with E-state index in [1.807, 2.05) is 60.7 Å². The molecule has 0 aliphatic carbocycles. The Morgan fingerprint density at radius 2 is 1.59 bits per heavy atom. The lowest BCUT2D eigenvalue weighted by atomic mass is 10.1. The molecule has 0 aliphatic rings. The molecule has 0 saturated heterocycles. The van der Waals surface area contributed by atoms with Crippen molar-refractivity contribution < 1.29 is 14.6 Å². The van der Waals surface area contributed by atoms with E-state index in [-0.39, 0.29) is 5.75 Å². The molecule has 0 fully saturated rings. The summed E-state index contributed by atoms with van der Waals surface area (Å²) in [6.45, 7) is 7.87. The van der Waals surface area contributed by atoms with E-state index < -0.39 is 0 Å². The maximum atomic E-state index is 10.5. The lowest BCUT2D eigenvalue weighted by molar-refractivity contribution is 0.223. The summed E-state index contributed by atoms with van der Waals surface area (Å²) in [7, 11) is 1.62. The molecule has 1 aromatic heterocycles. The predicted molar refractivity (Wildman–Crippen MR) is 148 cm³/mol. The zero-order chi connectivity index (χ0) is 26.0. The van der Waals surface area contributed by atoms with Gasteiger partial charge in [0.25, 0.3) is 0 Å². The number of hydrogen-bond donors (Lipinski definition) is 3. The van der Waals surface area contributed by atoms with E-state index in [0.29, 0.717) is 35.2 Å². The largest absolute Gasteiger partial charge is 0.507 e. The van der Waals surface area contributed by atoms with Gasteiger partial charge >= 0.3 is 0 Å². The summed E-state index contributed by atoms with van der Waals surface area (Å²) in [5, 5.41) is 17.1. The first-order chi connectivity index (χ1) is 18.1. The summed E-state index contributed by atoms with van der Waals surface area (Å²) in [6, 6.07) is 22.4.